The van der Waals surface area contributed by atoms with E-state index in [1.54, 1.807) is 6.08 Å². The molecule has 3 nitrogen and oxygen atoms in total. The number of ketones is 1. The van der Waals surface area contributed by atoms with Gasteiger partial charge in [-0.05, 0) is 64.0 Å². The lowest BCUT2D eigenvalue weighted by Crippen LogP contribution is -2.44. The molecule has 0 amide bonds. The Morgan fingerprint density at radius 2 is 1.96 bits per heavy atom. The van der Waals surface area contributed by atoms with Gasteiger partial charge in [0.1, 0.15) is 6.10 Å². The molecule has 3 atom stereocenters. The van der Waals surface area contributed by atoms with E-state index in [4.69, 9.17) is 4.74 Å². The largest absolute Gasteiger partial charge is 0.459 e. The summed E-state index contributed by atoms with van der Waals surface area (Å²) in [5.74, 6) is 0.0938. The highest BCUT2D eigenvalue weighted by Gasteiger charge is 2.47. The van der Waals surface area contributed by atoms with Gasteiger partial charge in [0.15, 0.2) is 5.78 Å². The Hall–Kier alpha value is -1.64. The lowest BCUT2D eigenvalue weighted by Gasteiger charge is -2.48. The van der Waals surface area contributed by atoms with Gasteiger partial charge in [-0.2, -0.15) is 0 Å². The lowest BCUT2D eigenvalue weighted by atomic mass is 9.58. The Morgan fingerprint density at radius 3 is 2.52 bits per heavy atom. The van der Waals surface area contributed by atoms with Crippen LogP contribution in [0.5, 0.6) is 0 Å². The molecule has 1 fully saturated rings. The minimum Gasteiger partial charge on any atom is -0.459 e. The Labute approximate surface area is 139 Å². The monoisotopic (exact) mass is 316 g/mol. The zero-order valence-corrected chi connectivity index (χ0v) is 15.2. The molecular formula is C20H28O3. The maximum Gasteiger partial charge on any atom is 0.330 e. The smallest absolute Gasteiger partial charge is 0.330 e. The van der Waals surface area contributed by atoms with Gasteiger partial charge in [0.05, 0.1) is 0 Å². The Morgan fingerprint density at radius 1 is 1.30 bits per heavy atom. The Kier molecular flexibility index (Phi) is 4.98. The fourth-order valence-electron chi connectivity index (χ4n) is 3.75. The van der Waals surface area contributed by atoms with E-state index in [9.17, 15) is 9.59 Å². The van der Waals surface area contributed by atoms with Crippen LogP contribution in [0, 0.1) is 11.3 Å². The van der Waals surface area contributed by atoms with Gasteiger partial charge in [-0.1, -0.05) is 30.6 Å². The van der Waals surface area contributed by atoms with Gasteiger partial charge >= 0.3 is 5.97 Å². The van der Waals surface area contributed by atoms with E-state index < -0.39 is 0 Å². The number of hydrogen-bond donors (Lipinski definition) is 0. The summed E-state index contributed by atoms with van der Waals surface area (Å²) in [6.07, 6.45) is 5.66. The van der Waals surface area contributed by atoms with Crippen LogP contribution in [0.3, 0.4) is 0 Å². The third kappa shape index (κ3) is 3.49. The molecular weight excluding hydrogens is 288 g/mol. The summed E-state index contributed by atoms with van der Waals surface area (Å²) in [7, 11) is 0. The second-order valence-corrected chi connectivity index (χ2v) is 7.63. The van der Waals surface area contributed by atoms with Crippen molar-refractivity contribution in [2.24, 2.45) is 11.3 Å². The van der Waals surface area contributed by atoms with Crippen LogP contribution in [0.2, 0.25) is 0 Å². The fraction of sp³-hybridized carbons (Fsp3) is 0.600. The number of fused-ring (bicyclic) bond motifs is 1. The van der Waals surface area contributed by atoms with Crippen molar-refractivity contribution in [2.45, 2.75) is 66.9 Å². The zero-order valence-electron chi connectivity index (χ0n) is 15.2. The number of carbonyl (C=O) groups excluding carboxylic acids is 2. The first-order valence-electron chi connectivity index (χ1n) is 8.42. The van der Waals surface area contributed by atoms with Crippen molar-refractivity contribution in [3.8, 4) is 0 Å². The Bertz CT molecular complexity index is 613. The predicted octanol–water partition coefficient (Wildman–Crippen LogP) is 4.54. The molecule has 23 heavy (non-hydrogen) atoms. The van der Waals surface area contributed by atoms with Crippen molar-refractivity contribution < 1.29 is 14.3 Å². The molecule has 0 bridgehead atoms. The second-order valence-electron chi connectivity index (χ2n) is 7.63. The Balaban J connectivity index is 2.27. The van der Waals surface area contributed by atoms with Gasteiger partial charge in [-0.3, -0.25) is 4.79 Å². The van der Waals surface area contributed by atoms with Crippen LogP contribution in [0.15, 0.2) is 34.4 Å². The summed E-state index contributed by atoms with van der Waals surface area (Å²) in [5, 5.41) is 0. The van der Waals surface area contributed by atoms with Gasteiger partial charge in [-0.25, -0.2) is 4.79 Å². The third-order valence-corrected chi connectivity index (χ3v) is 5.42. The molecule has 3 heteroatoms. The normalized spacial score (nSPS) is 30.3. The van der Waals surface area contributed by atoms with Crippen LogP contribution in [0.1, 0.15) is 60.8 Å². The molecule has 2 rings (SSSR count). The topological polar surface area (TPSA) is 43.4 Å². The summed E-state index contributed by atoms with van der Waals surface area (Å²) in [4.78, 5) is 24.3. The molecule has 2 aliphatic rings. The van der Waals surface area contributed by atoms with E-state index in [0.29, 0.717) is 0 Å². The third-order valence-electron chi connectivity index (χ3n) is 5.42. The van der Waals surface area contributed by atoms with E-state index in [-0.39, 0.29) is 29.2 Å². The van der Waals surface area contributed by atoms with Crippen LogP contribution in [-0.4, -0.2) is 17.9 Å². The summed E-state index contributed by atoms with van der Waals surface area (Å²) in [6.45, 7) is 12.1. The summed E-state index contributed by atoms with van der Waals surface area (Å²) >= 11 is 0. The molecule has 0 N–H and O–H groups in total. The van der Waals surface area contributed by atoms with Gasteiger partial charge in [-0.15, -0.1) is 0 Å². The summed E-state index contributed by atoms with van der Waals surface area (Å²) in [5.41, 5.74) is 4.06. The first-order valence-corrected chi connectivity index (χ1v) is 8.42. The first kappa shape index (κ1) is 17.7. The van der Waals surface area contributed by atoms with Gasteiger partial charge in [0, 0.05) is 12.0 Å². The molecule has 0 aromatic carbocycles. The van der Waals surface area contributed by atoms with Gasteiger partial charge in [0.2, 0.25) is 0 Å². The van der Waals surface area contributed by atoms with Crippen molar-refractivity contribution in [2.75, 3.05) is 0 Å². The molecule has 126 valence electrons. The van der Waals surface area contributed by atoms with Crippen LogP contribution < -0.4 is 0 Å². The minimum absolute atomic E-state index is 0.0909. The van der Waals surface area contributed by atoms with Gasteiger partial charge < -0.3 is 4.74 Å². The van der Waals surface area contributed by atoms with Crippen molar-refractivity contribution in [3.63, 3.8) is 0 Å². The molecule has 0 radical (unpaired) electrons. The number of hydrogen-bond acceptors (Lipinski definition) is 3. The molecule has 0 spiro atoms. The standard InChI is InChI=1S/C20H28O3/c1-12(2)9-19(22)23-18-8-7-15-10-17(21)16(13(3)4)11-20(15,6)14(18)5/h9-10,14,18H,7-8,11H2,1-6H3. The van der Waals surface area contributed by atoms with E-state index in [2.05, 4.69) is 13.8 Å². The molecule has 0 aromatic rings. The average molecular weight is 316 g/mol. The fourth-order valence-corrected chi connectivity index (χ4v) is 3.75. The number of carbonyl (C=O) groups is 2. The van der Waals surface area contributed by atoms with Crippen LogP contribution in [0.25, 0.3) is 0 Å². The van der Waals surface area contributed by atoms with Crippen molar-refractivity contribution >= 4 is 11.8 Å². The number of esters is 1. The highest BCUT2D eigenvalue weighted by molar-refractivity contribution is 6.06. The predicted molar refractivity (Wildman–Crippen MR) is 91.9 cm³/mol. The number of ether oxygens (including phenoxy) is 1. The van der Waals surface area contributed by atoms with E-state index in [1.165, 1.54) is 5.57 Å². The van der Waals surface area contributed by atoms with E-state index in [0.717, 1.165) is 36.0 Å². The highest BCUT2D eigenvalue weighted by atomic mass is 16.5. The van der Waals surface area contributed by atoms with Crippen molar-refractivity contribution in [1.82, 2.24) is 0 Å². The molecule has 1 saturated carbocycles. The van der Waals surface area contributed by atoms with Crippen LogP contribution in [0.4, 0.5) is 0 Å². The van der Waals surface area contributed by atoms with E-state index in [1.807, 2.05) is 33.8 Å². The quantitative estimate of drug-likeness (QED) is 0.555. The van der Waals surface area contributed by atoms with Crippen molar-refractivity contribution in [3.05, 3.63) is 34.4 Å². The zero-order chi connectivity index (χ0) is 17.4. The van der Waals surface area contributed by atoms with Gasteiger partial charge in [0.25, 0.3) is 0 Å². The molecule has 0 aromatic heterocycles. The molecule has 0 aliphatic heterocycles. The summed E-state index contributed by atoms with van der Waals surface area (Å²) in [6, 6.07) is 0. The summed E-state index contributed by atoms with van der Waals surface area (Å²) < 4.78 is 5.71. The average Bonchev–Trinajstić information content (AvgIpc) is 2.43. The van der Waals surface area contributed by atoms with Crippen LogP contribution in [-0.2, 0) is 14.3 Å². The number of allylic oxidation sites excluding steroid dienone is 5. The molecule has 0 saturated heterocycles. The molecule has 0 heterocycles. The maximum atomic E-state index is 12.3. The highest BCUT2D eigenvalue weighted by Crippen LogP contribution is 2.52. The molecule has 2 aliphatic carbocycles. The maximum absolute atomic E-state index is 12.3. The SMILES string of the molecule is CC(C)=CC(=O)OC1CCC2=CC(=O)C(=C(C)C)CC2(C)C1C. The first-order chi connectivity index (χ1) is 10.6. The van der Waals surface area contributed by atoms with E-state index >= 15 is 0 Å². The van der Waals surface area contributed by atoms with Crippen LogP contribution >= 0.6 is 0 Å². The van der Waals surface area contributed by atoms with Crippen molar-refractivity contribution in [1.29, 1.82) is 0 Å². The molecule has 3 unspecified atom stereocenters. The minimum atomic E-state index is -0.257. The lowest BCUT2D eigenvalue weighted by molar-refractivity contribution is -0.149. The number of rotatable bonds is 2. The second kappa shape index (κ2) is 6.46.